The minimum absolute atomic E-state index is 0.706. The second kappa shape index (κ2) is 6.58. The van der Waals surface area contributed by atoms with Crippen LogP contribution >= 0.6 is 15.9 Å². The third-order valence-corrected chi connectivity index (χ3v) is 4.64. The molecular formula is C15H23BrN2. The van der Waals surface area contributed by atoms with E-state index in [1.807, 2.05) is 0 Å². The molecule has 0 radical (unpaired) electrons. The Bertz CT molecular complexity index is 388. The molecule has 1 saturated carbocycles. The van der Waals surface area contributed by atoms with Crippen LogP contribution in [0.1, 0.15) is 31.7 Å². The fourth-order valence-electron chi connectivity index (χ4n) is 2.50. The van der Waals surface area contributed by atoms with Gasteiger partial charge in [0.15, 0.2) is 0 Å². The first-order valence-corrected chi connectivity index (χ1v) is 7.77. The molecule has 2 nitrogen and oxygen atoms in total. The molecule has 0 atom stereocenters. The number of hydrogen-bond acceptors (Lipinski definition) is 2. The smallest absolute Gasteiger partial charge is 0.0377 e. The molecular weight excluding hydrogens is 288 g/mol. The predicted octanol–water partition coefficient (Wildman–Crippen LogP) is 3.58. The number of hydrogen-bond donors (Lipinski definition) is 1. The summed E-state index contributed by atoms with van der Waals surface area (Å²) >= 11 is 3.66. The normalized spacial score (nSPS) is 15.5. The fourth-order valence-corrected chi connectivity index (χ4v) is 3.06. The summed E-state index contributed by atoms with van der Waals surface area (Å²) in [5, 5.41) is 0. The van der Waals surface area contributed by atoms with Gasteiger partial charge in [-0.2, -0.15) is 0 Å². The van der Waals surface area contributed by atoms with Crippen molar-refractivity contribution in [3.8, 4) is 0 Å². The summed E-state index contributed by atoms with van der Waals surface area (Å²) in [6.45, 7) is 5.23. The number of halogens is 1. The molecule has 2 N–H and O–H groups in total. The number of anilines is 1. The van der Waals surface area contributed by atoms with Crippen LogP contribution in [-0.2, 0) is 6.42 Å². The van der Waals surface area contributed by atoms with E-state index >= 15 is 0 Å². The van der Waals surface area contributed by atoms with Gasteiger partial charge in [-0.25, -0.2) is 0 Å². The topological polar surface area (TPSA) is 29.3 Å². The minimum Gasteiger partial charge on any atom is -0.372 e. The highest BCUT2D eigenvalue weighted by Crippen LogP contribution is 2.30. The van der Waals surface area contributed by atoms with Gasteiger partial charge in [-0.15, -0.1) is 0 Å². The van der Waals surface area contributed by atoms with Crippen LogP contribution in [0.2, 0.25) is 0 Å². The first kappa shape index (κ1) is 13.9. The standard InChI is InChI=1S/C15H23BrN2/c1-2-18(11-12-4-3-5-12)14-7-6-13(8-9-17)15(16)10-14/h6-7,10,12H,2-5,8-9,11,17H2,1H3. The molecule has 100 valence electrons. The van der Waals surface area contributed by atoms with Crippen molar-refractivity contribution in [2.75, 3.05) is 24.5 Å². The summed E-state index contributed by atoms with van der Waals surface area (Å²) in [4.78, 5) is 2.49. The predicted molar refractivity (Wildman–Crippen MR) is 82.1 cm³/mol. The third-order valence-electron chi connectivity index (χ3n) is 3.90. The second-order valence-electron chi connectivity index (χ2n) is 5.15. The van der Waals surface area contributed by atoms with E-state index in [0.29, 0.717) is 6.54 Å². The molecule has 1 aliphatic rings. The highest BCUT2D eigenvalue weighted by molar-refractivity contribution is 9.10. The third kappa shape index (κ3) is 3.27. The Hall–Kier alpha value is -0.540. The summed E-state index contributed by atoms with van der Waals surface area (Å²) in [6.07, 6.45) is 5.17. The number of benzene rings is 1. The average Bonchev–Trinajstić information content (AvgIpc) is 2.31. The summed E-state index contributed by atoms with van der Waals surface area (Å²) < 4.78 is 1.19. The molecule has 0 unspecified atom stereocenters. The van der Waals surface area contributed by atoms with Crippen LogP contribution in [-0.4, -0.2) is 19.6 Å². The zero-order valence-corrected chi connectivity index (χ0v) is 12.7. The van der Waals surface area contributed by atoms with E-state index in [9.17, 15) is 0 Å². The Kier molecular flexibility index (Phi) is 5.07. The number of rotatable bonds is 6. The summed E-state index contributed by atoms with van der Waals surface area (Å²) in [5.41, 5.74) is 8.25. The molecule has 1 aromatic rings. The molecule has 2 rings (SSSR count). The van der Waals surface area contributed by atoms with Crippen LogP contribution in [0.3, 0.4) is 0 Å². The van der Waals surface area contributed by atoms with Crippen molar-refractivity contribution in [3.63, 3.8) is 0 Å². The Balaban J connectivity index is 2.07. The minimum atomic E-state index is 0.706. The highest BCUT2D eigenvalue weighted by atomic mass is 79.9. The van der Waals surface area contributed by atoms with Crippen molar-refractivity contribution in [3.05, 3.63) is 28.2 Å². The van der Waals surface area contributed by atoms with Crippen LogP contribution in [0.25, 0.3) is 0 Å². The largest absolute Gasteiger partial charge is 0.372 e. The Morgan fingerprint density at radius 3 is 2.67 bits per heavy atom. The summed E-state index contributed by atoms with van der Waals surface area (Å²) in [7, 11) is 0. The van der Waals surface area contributed by atoms with E-state index in [2.05, 4.69) is 46.0 Å². The van der Waals surface area contributed by atoms with Crippen molar-refractivity contribution < 1.29 is 0 Å². The molecule has 18 heavy (non-hydrogen) atoms. The SMILES string of the molecule is CCN(CC1CCC1)c1ccc(CCN)c(Br)c1. The van der Waals surface area contributed by atoms with Gasteiger partial charge in [0.2, 0.25) is 0 Å². The lowest BCUT2D eigenvalue weighted by molar-refractivity contribution is 0.318. The van der Waals surface area contributed by atoms with Gasteiger partial charge in [0.25, 0.3) is 0 Å². The molecule has 1 aromatic carbocycles. The molecule has 0 spiro atoms. The zero-order chi connectivity index (χ0) is 13.0. The molecule has 0 amide bonds. The van der Waals surface area contributed by atoms with E-state index in [0.717, 1.165) is 18.9 Å². The van der Waals surface area contributed by atoms with E-state index in [4.69, 9.17) is 5.73 Å². The maximum absolute atomic E-state index is 5.61. The van der Waals surface area contributed by atoms with Gasteiger partial charge in [-0.05, 0) is 56.3 Å². The monoisotopic (exact) mass is 310 g/mol. The van der Waals surface area contributed by atoms with Crippen molar-refractivity contribution in [2.45, 2.75) is 32.6 Å². The van der Waals surface area contributed by atoms with Gasteiger partial charge in [0.1, 0.15) is 0 Å². The van der Waals surface area contributed by atoms with Crippen molar-refractivity contribution >= 4 is 21.6 Å². The van der Waals surface area contributed by atoms with Crippen molar-refractivity contribution in [1.82, 2.24) is 0 Å². The molecule has 0 saturated heterocycles. The molecule has 3 heteroatoms. The van der Waals surface area contributed by atoms with Gasteiger partial charge in [0, 0.05) is 23.2 Å². The van der Waals surface area contributed by atoms with E-state index in [1.54, 1.807) is 0 Å². The highest BCUT2D eigenvalue weighted by Gasteiger charge is 2.20. The van der Waals surface area contributed by atoms with Crippen LogP contribution in [0.15, 0.2) is 22.7 Å². The molecule has 0 heterocycles. The van der Waals surface area contributed by atoms with Crippen molar-refractivity contribution in [2.24, 2.45) is 11.7 Å². The molecule has 0 aliphatic heterocycles. The van der Waals surface area contributed by atoms with Gasteiger partial charge in [-0.3, -0.25) is 0 Å². The van der Waals surface area contributed by atoms with E-state index < -0.39 is 0 Å². The van der Waals surface area contributed by atoms with Crippen LogP contribution in [0.5, 0.6) is 0 Å². The molecule has 0 bridgehead atoms. The first-order chi connectivity index (χ1) is 8.74. The van der Waals surface area contributed by atoms with Crippen LogP contribution in [0, 0.1) is 5.92 Å². The van der Waals surface area contributed by atoms with E-state index in [-0.39, 0.29) is 0 Å². The summed E-state index contributed by atoms with van der Waals surface area (Å²) in [5.74, 6) is 0.910. The molecule has 1 fully saturated rings. The van der Waals surface area contributed by atoms with E-state index in [1.165, 1.54) is 41.5 Å². The second-order valence-corrected chi connectivity index (χ2v) is 6.00. The summed E-state index contributed by atoms with van der Waals surface area (Å²) in [6, 6.07) is 6.68. The average molecular weight is 311 g/mol. The van der Waals surface area contributed by atoms with Gasteiger partial charge < -0.3 is 10.6 Å². The zero-order valence-electron chi connectivity index (χ0n) is 11.2. The Morgan fingerprint density at radius 2 is 2.17 bits per heavy atom. The lowest BCUT2D eigenvalue weighted by atomic mass is 9.85. The molecule has 0 aromatic heterocycles. The lowest BCUT2D eigenvalue weighted by Crippen LogP contribution is -2.32. The molecule has 1 aliphatic carbocycles. The van der Waals surface area contributed by atoms with Crippen LogP contribution < -0.4 is 10.6 Å². The maximum atomic E-state index is 5.61. The first-order valence-electron chi connectivity index (χ1n) is 6.98. The van der Waals surface area contributed by atoms with Gasteiger partial charge >= 0.3 is 0 Å². The Labute approximate surface area is 119 Å². The lowest BCUT2D eigenvalue weighted by Gasteiger charge is -2.33. The maximum Gasteiger partial charge on any atom is 0.0377 e. The van der Waals surface area contributed by atoms with Gasteiger partial charge in [0.05, 0.1) is 0 Å². The quantitative estimate of drug-likeness (QED) is 0.870. The van der Waals surface area contributed by atoms with Crippen LogP contribution in [0.4, 0.5) is 5.69 Å². The van der Waals surface area contributed by atoms with Crippen molar-refractivity contribution in [1.29, 1.82) is 0 Å². The van der Waals surface area contributed by atoms with Gasteiger partial charge in [-0.1, -0.05) is 28.4 Å². The Morgan fingerprint density at radius 1 is 1.39 bits per heavy atom. The fraction of sp³-hybridized carbons (Fsp3) is 0.600. The number of nitrogens with two attached hydrogens (primary N) is 1. The number of nitrogens with zero attached hydrogens (tertiary/aromatic N) is 1.